The van der Waals surface area contributed by atoms with Crippen LogP contribution in [0.15, 0.2) is 63.3 Å². The van der Waals surface area contributed by atoms with Gasteiger partial charge >= 0.3 is 5.97 Å². The number of nitrogens with zero attached hydrogens (tertiary/aromatic N) is 1. The Balaban J connectivity index is 1.46. The standard InChI is InChI=1S/C20H22N4O7S2/c1-13(20(26)23-14-8-10-15(11-9-14)32(21,27)28)31-18(25)7-4-12-22-19-16-5-2-3-6-17(16)33(29,30)24-19/h2-3,5-6,8-11,13H,4,7,12H2,1H3,(H,22,24)(H,23,26)(H2,21,27,28)/t13-/m0/s1. The molecule has 0 bridgehead atoms. The topological polar surface area (TPSA) is 174 Å². The van der Waals surface area contributed by atoms with Gasteiger partial charge in [-0.25, -0.2) is 22.0 Å². The largest absolute Gasteiger partial charge is 0.453 e. The van der Waals surface area contributed by atoms with Crippen molar-refractivity contribution in [2.45, 2.75) is 35.7 Å². The number of nitrogens with one attached hydrogen (secondary N) is 2. The van der Waals surface area contributed by atoms with Crippen LogP contribution in [-0.4, -0.2) is 47.2 Å². The maximum atomic E-state index is 12.2. The van der Waals surface area contributed by atoms with Crippen molar-refractivity contribution in [3.63, 3.8) is 0 Å². The molecule has 2 aromatic carbocycles. The van der Waals surface area contributed by atoms with Crippen molar-refractivity contribution in [1.29, 1.82) is 0 Å². The molecule has 2 aromatic rings. The molecule has 0 aliphatic carbocycles. The molecule has 11 nitrogen and oxygen atoms in total. The van der Waals surface area contributed by atoms with Crippen molar-refractivity contribution in [2.75, 3.05) is 11.9 Å². The Morgan fingerprint density at radius 3 is 2.48 bits per heavy atom. The van der Waals surface area contributed by atoms with Gasteiger partial charge in [0.1, 0.15) is 5.84 Å². The molecule has 1 aliphatic rings. The number of fused-ring (bicyclic) bond motifs is 1. The molecule has 33 heavy (non-hydrogen) atoms. The van der Waals surface area contributed by atoms with Crippen molar-refractivity contribution in [3.05, 3.63) is 54.1 Å². The maximum absolute atomic E-state index is 12.2. The highest BCUT2D eigenvalue weighted by Crippen LogP contribution is 2.22. The number of benzene rings is 2. The lowest BCUT2D eigenvalue weighted by atomic mass is 10.2. The highest BCUT2D eigenvalue weighted by molar-refractivity contribution is 7.90. The second-order valence-electron chi connectivity index (χ2n) is 7.13. The third-order valence-corrected chi connectivity index (χ3v) is 6.93. The van der Waals surface area contributed by atoms with Gasteiger partial charge in [-0.05, 0) is 49.7 Å². The maximum Gasteiger partial charge on any atom is 0.306 e. The van der Waals surface area contributed by atoms with Crippen LogP contribution in [0.2, 0.25) is 0 Å². The number of carbonyl (C=O) groups excluding carboxylic acids is 2. The molecule has 1 amide bonds. The minimum Gasteiger partial charge on any atom is -0.453 e. The molecule has 4 N–H and O–H groups in total. The van der Waals surface area contributed by atoms with E-state index in [-0.39, 0.29) is 35.0 Å². The normalized spacial score (nSPS) is 16.5. The number of amidine groups is 1. The summed E-state index contributed by atoms with van der Waals surface area (Å²) in [6.07, 6.45) is -0.822. The predicted octanol–water partition coefficient (Wildman–Crippen LogP) is 0.723. The average Bonchev–Trinajstić information content (AvgIpc) is 3.01. The summed E-state index contributed by atoms with van der Waals surface area (Å²) in [6, 6.07) is 11.7. The Labute approximate surface area is 191 Å². The second-order valence-corrected chi connectivity index (χ2v) is 10.3. The molecule has 0 unspecified atom stereocenters. The van der Waals surface area contributed by atoms with Crippen molar-refractivity contribution in [1.82, 2.24) is 4.72 Å². The SMILES string of the molecule is C[C@H](OC(=O)CCCN=C1NS(=O)(=O)c2ccccc21)C(=O)Nc1ccc(S(N)(=O)=O)cc1. The molecule has 0 saturated carbocycles. The van der Waals surface area contributed by atoms with Crippen LogP contribution in [0.25, 0.3) is 0 Å². The van der Waals surface area contributed by atoms with Gasteiger partial charge in [0.2, 0.25) is 10.0 Å². The van der Waals surface area contributed by atoms with Crippen molar-refractivity contribution >= 4 is 43.4 Å². The molecule has 176 valence electrons. The number of amides is 1. The van der Waals surface area contributed by atoms with Crippen LogP contribution in [0.3, 0.4) is 0 Å². The predicted molar refractivity (Wildman–Crippen MR) is 119 cm³/mol. The molecular weight excluding hydrogens is 472 g/mol. The molecule has 1 heterocycles. The number of sulfonamides is 2. The van der Waals surface area contributed by atoms with Gasteiger partial charge in [-0.2, -0.15) is 0 Å². The summed E-state index contributed by atoms with van der Waals surface area (Å²) < 4.78 is 54.1. The van der Waals surface area contributed by atoms with Gasteiger partial charge in [0.05, 0.1) is 9.79 Å². The first-order valence-electron chi connectivity index (χ1n) is 9.77. The number of carbonyl (C=O) groups is 2. The van der Waals surface area contributed by atoms with Crippen molar-refractivity contribution in [2.24, 2.45) is 10.1 Å². The molecule has 1 atom stereocenters. The zero-order valence-electron chi connectivity index (χ0n) is 17.5. The lowest BCUT2D eigenvalue weighted by molar-refractivity contribution is -0.153. The summed E-state index contributed by atoms with van der Waals surface area (Å²) in [5, 5.41) is 7.53. The smallest absolute Gasteiger partial charge is 0.306 e. The zero-order chi connectivity index (χ0) is 24.2. The fraction of sp³-hybridized carbons (Fsp3) is 0.250. The van der Waals surface area contributed by atoms with Gasteiger partial charge in [-0.1, -0.05) is 12.1 Å². The number of hydrogen-bond acceptors (Lipinski definition) is 8. The number of rotatable bonds is 8. The number of esters is 1. The average molecular weight is 495 g/mol. The Morgan fingerprint density at radius 2 is 1.82 bits per heavy atom. The Morgan fingerprint density at radius 1 is 1.15 bits per heavy atom. The first-order chi connectivity index (χ1) is 15.5. The number of primary sulfonamides is 1. The highest BCUT2D eigenvalue weighted by atomic mass is 32.2. The molecule has 0 spiro atoms. The fourth-order valence-corrected chi connectivity index (χ4v) is 4.71. The number of ether oxygens (including phenoxy) is 1. The van der Waals surface area contributed by atoms with Crippen LogP contribution in [0.4, 0.5) is 5.69 Å². The summed E-state index contributed by atoms with van der Waals surface area (Å²) in [5.74, 6) is -0.987. The summed E-state index contributed by atoms with van der Waals surface area (Å²) in [4.78, 5) is 28.5. The van der Waals surface area contributed by atoms with E-state index in [0.717, 1.165) is 0 Å². The lowest BCUT2D eigenvalue weighted by Crippen LogP contribution is -2.30. The summed E-state index contributed by atoms with van der Waals surface area (Å²) in [7, 11) is -7.46. The summed E-state index contributed by atoms with van der Waals surface area (Å²) >= 11 is 0. The molecule has 3 rings (SSSR count). The second kappa shape index (κ2) is 9.68. The van der Waals surface area contributed by atoms with Crippen LogP contribution in [0, 0.1) is 0 Å². The van der Waals surface area contributed by atoms with E-state index in [2.05, 4.69) is 15.0 Å². The van der Waals surface area contributed by atoms with E-state index in [0.29, 0.717) is 11.3 Å². The van der Waals surface area contributed by atoms with E-state index in [1.54, 1.807) is 18.2 Å². The number of aliphatic imine (C=N–C) groups is 1. The van der Waals surface area contributed by atoms with E-state index in [1.807, 2.05) is 0 Å². The van der Waals surface area contributed by atoms with Crippen molar-refractivity contribution in [3.8, 4) is 0 Å². The highest BCUT2D eigenvalue weighted by Gasteiger charge is 2.29. The van der Waals surface area contributed by atoms with Crippen molar-refractivity contribution < 1.29 is 31.2 Å². The molecule has 1 aliphatic heterocycles. The van der Waals surface area contributed by atoms with Gasteiger partial charge in [0, 0.05) is 24.2 Å². The molecule has 0 radical (unpaired) electrons. The zero-order valence-corrected chi connectivity index (χ0v) is 19.1. The molecule has 0 saturated heterocycles. The molecule has 0 aromatic heterocycles. The number of hydrogen-bond donors (Lipinski definition) is 3. The van der Waals surface area contributed by atoms with E-state index in [9.17, 15) is 26.4 Å². The Bertz CT molecular complexity index is 1300. The molecule has 0 fully saturated rings. The van der Waals surface area contributed by atoms with E-state index >= 15 is 0 Å². The van der Waals surface area contributed by atoms with Crippen LogP contribution in [0.1, 0.15) is 25.3 Å². The monoisotopic (exact) mass is 494 g/mol. The Kier molecular flexibility index (Phi) is 7.15. The molecule has 13 heteroatoms. The van der Waals surface area contributed by atoms with Crippen LogP contribution in [0.5, 0.6) is 0 Å². The van der Waals surface area contributed by atoms with E-state index in [1.165, 1.54) is 37.3 Å². The van der Waals surface area contributed by atoms with E-state index in [4.69, 9.17) is 9.88 Å². The summed E-state index contributed by atoms with van der Waals surface area (Å²) in [6.45, 7) is 1.58. The van der Waals surface area contributed by atoms with E-state index < -0.39 is 38.0 Å². The number of anilines is 1. The van der Waals surface area contributed by atoms with Gasteiger partial charge in [-0.3, -0.25) is 19.3 Å². The number of nitrogens with two attached hydrogens (primary N) is 1. The minimum absolute atomic E-state index is 0.0220. The Hall–Kier alpha value is -3.29. The van der Waals surface area contributed by atoms with Crippen LogP contribution in [-0.2, 0) is 34.4 Å². The van der Waals surface area contributed by atoms with Gasteiger partial charge in [-0.15, -0.1) is 0 Å². The molecular formula is C20H22N4O7S2. The third-order valence-electron chi connectivity index (χ3n) is 4.60. The van der Waals surface area contributed by atoms with Crippen LogP contribution >= 0.6 is 0 Å². The fourth-order valence-electron chi connectivity index (χ4n) is 2.95. The summed E-state index contributed by atoms with van der Waals surface area (Å²) in [5.41, 5.74) is 0.785. The van der Waals surface area contributed by atoms with Gasteiger partial charge in [0.25, 0.3) is 15.9 Å². The quantitative estimate of drug-likeness (QED) is 0.358. The van der Waals surface area contributed by atoms with Gasteiger partial charge < -0.3 is 10.1 Å². The minimum atomic E-state index is -3.84. The third kappa shape index (κ3) is 6.15. The van der Waals surface area contributed by atoms with Gasteiger partial charge in [0.15, 0.2) is 6.10 Å². The first-order valence-corrected chi connectivity index (χ1v) is 12.8. The van der Waals surface area contributed by atoms with Crippen LogP contribution < -0.4 is 15.2 Å². The lowest BCUT2D eigenvalue weighted by Gasteiger charge is -2.13. The first kappa shape index (κ1) is 24.4.